The van der Waals surface area contributed by atoms with Crippen LogP contribution in [0.5, 0.6) is 11.5 Å². The summed E-state index contributed by atoms with van der Waals surface area (Å²) in [7, 11) is 3.12. The second-order valence-electron chi connectivity index (χ2n) is 5.20. The average Bonchev–Trinajstić information content (AvgIpc) is 3.04. The van der Waals surface area contributed by atoms with E-state index in [1.165, 1.54) is 11.3 Å². The molecule has 0 spiro atoms. The third kappa shape index (κ3) is 3.61. The van der Waals surface area contributed by atoms with Gasteiger partial charge in [0.25, 0.3) is 5.91 Å². The van der Waals surface area contributed by atoms with Gasteiger partial charge in [0.1, 0.15) is 21.4 Å². The van der Waals surface area contributed by atoms with Gasteiger partial charge in [-0.25, -0.2) is 4.98 Å². The lowest BCUT2D eigenvalue weighted by Crippen LogP contribution is -2.12. The van der Waals surface area contributed by atoms with Gasteiger partial charge in [0.2, 0.25) is 0 Å². The Balaban J connectivity index is 1.86. The van der Waals surface area contributed by atoms with E-state index in [-0.39, 0.29) is 5.91 Å². The minimum atomic E-state index is -0.228. The summed E-state index contributed by atoms with van der Waals surface area (Å²) in [6.45, 7) is 1.82. The quantitative estimate of drug-likeness (QED) is 0.754. The maximum atomic E-state index is 12.7. The minimum Gasteiger partial charge on any atom is -0.497 e. The summed E-state index contributed by atoms with van der Waals surface area (Å²) < 4.78 is 10.5. The van der Waals surface area contributed by atoms with Gasteiger partial charge < -0.3 is 14.8 Å². The van der Waals surface area contributed by atoms with Crippen LogP contribution in [-0.4, -0.2) is 30.1 Å². The molecule has 2 heterocycles. The fourth-order valence-electron chi connectivity index (χ4n) is 2.30. The molecule has 25 heavy (non-hydrogen) atoms. The molecule has 0 saturated heterocycles. The lowest BCUT2D eigenvalue weighted by Gasteiger charge is -2.11. The summed E-state index contributed by atoms with van der Waals surface area (Å²) in [6, 6.07) is 8.98. The fraction of sp³-hybridized carbons (Fsp3) is 0.167. The van der Waals surface area contributed by atoms with Gasteiger partial charge in [-0.2, -0.15) is 0 Å². The number of pyridine rings is 1. The Hall–Kier alpha value is -2.93. The van der Waals surface area contributed by atoms with Crippen LogP contribution in [0.3, 0.4) is 0 Å². The Morgan fingerprint density at radius 2 is 2.04 bits per heavy atom. The topological polar surface area (TPSA) is 73.3 Å². The van der Waals surface area contributed by atoms with Crippen LogP contribution in [0.4, 0.5) is 5.69 Å². The zero-order valence-corrected chi connectivity index (χ0v) is 14.9. The third-order valence-corrected chi connectivity index (χ3v) is 4.77. The fourth-order valence-corrected chi connectivity index (χ4v) is 3.25. The van der Waals surface area contributed by atoms with Crippen molar-refractivity contribution in [2.24, 2.45) is 0 Å². The molecule has 3 rings (SSSR count). The van der Waals surface area contributed by atoms with Crippen molar-refractivity contribution in [1.29, 1.82) is 0 Å². The molecule has 0 radical (unpaired) electrons. The smallest absolute Gasteiger partial charge is 0.267 e. The van der Waals surface area contributed by atoms with E-state index in [9.17, 15) is 4.79 Å². The van der Waals surface area contributed by atoms with Crippen molar-refractivity contribution < 1.29 is 14.3 Å². The molecule has 1 aromatic carbocycles. The summed E-state index contributed by atoms with van der Waals surface area (Å²) in [5.74, 6) is 0.957. The number of anilines is 1. The summed E-state index contributed by atoms with van der Waals surface area (Å²) in [5, 5.41) is 3.63. The Kier molecular flexibility index (Phi) is 4.95. The van der Waals surface area contributed by atoms with E-state index in [0.29, 0.717) is 27.8 Å². The van der Waals surface area contributed by atoms with Gasteiger partial charge in [0.15, 0.2) is 0 Å². The first kappa shape index (κ1) is 16.9. The van der Waals surface area contributed by atoms with Gasteiger partial charge in [0, 0.05) is 24.0 Å². The molecule has 0 aliphatic carbocycles. The normalized spacial score (nSPS) is 10.4. The molecular formula is C18H17N3O3S. The molecule has 128 valence electrons. The lowest BCUT2D eigenvalue weighted by atomic mass is 10.2. The Morgan fingerprint density at radius 3 is 2.72 bits per heavy atom. The number of hydrogen-bond acceptors (Lipinski definition) is 6. The summed E-state index contributed by atoms with van der Waals surface area (Å²) in [4.78, 5) is 21.8. The monoisotopic (exact) mass is 355 g/mol. The number of nitrogens with one attached hydrogen (secondary N) is 1. The highest BCUT2D eigenvalue weighted by molar-refractivity contribution is 7.17. The first-order valence-corrected chi connectivity index (χ1v) is 8.35. The highest BCUT2D eigenvalue weighted by Crippen LogP contribution is 2.31. The Morgan fingerprint density at radius 1 is 1.20 bits per heavy atom. The number of amides is 1. The standard InChI is InChI=1S/C18H17N3O3S/c1-11-16(25-18(20-11)12-5-4-8-19-10-12)17(22)21-14-7-6-13(23-2)9-15(14)24-3/h4-10H,1-3H3,(H,21,22). The number of nitrogens with zero attached hydrogens (tertiary/aromatic N) is 2. The van der Waals surface area contributed by atoms with Crippen LogP contribution in [-0.2, 0) is 0 Å². The first-order valence-electron chi connectivity index (χ1n) is 7.53. The van der Waals surface area contributed by atoms with Crippen molar-refractivity contribution in [3.05, 3.63) is 53.3 Å². The van der Waals surface area contributed by atoms with Gasteiger partial charge in [-0.1, -0.05) is 0 Å². The number of aromatic nitrogens is 2. The van der Waals surface area contributed by atoms with Crippen molar-refractivity contribution in [3.63, 3.8) is 0 Å². The molecule has 7 heteroatoms. The van der Waals surface area contributed by atoms with Crippen LogP contribution in [0.15, 0.2) is 42.7 Å². The van der Waals surface area contributed by atoms with Crippen LogP contribution < -0.4 is 14.8 Å². The highest BCUT2D eigenvalue weighted by Gasteiger charge is 2.18. The van der Waals surface area contributed by atoms with Gasteiger partial charge in [-0.3, -0.25) is 9.78 Å². The van der Waals surface area contributed by atoms with E-state index in [1.54, 1.807) is 44.8 Å². The van der Waals surface area contributed by atoms with Crippen LogP contribution in [0.25, 0.3) is 10.6 Å². The zero-order valence-electron chi connectivity index (χ0n) is 14.1. The first-order chi connectivity index (χ1) is 12.1. The number of benzene rings is 1. The minimum absolute atomic E-state index is 0.228. The largest absolute Gasteiger partial charge is 0.497 e. The zero-order chi connectivity index (χ0) is 17.8. The number of carbonyl (C=O) groups excluding carboxylic acids is 1. The average molecular weight is 355 g/mol. The Bertz CT molecular complexity index is 894. The third-order valence-electron chi connectivity index (χ3n) is 3.57. The van der Waals surface area contributed by atoms with Crippen molar-refractivity contribution in [2.75, 3.05) is 19.5 Å². The van der Waals surface area contributed by atoms with E-state index in [0.717, 1.165) is 10.6 Å². The number of aryl methyl sites for hydroxylation is 1. The molecule has 0 fully saturated rings. The maximum Gasteiger partial charge on any atom is 0.267 e. The van der Waals surface area contributed by atoms with Crippen LogP contribution in [0.2, 0.25) is 0 Å². The predicted molar refractivity (Wildman–Crippen MR) is 97.6 cm³/mol. The van der Waals surface area contributed by atoms with E-state index in [1.807, 2.05) is 19.1 Å². The molecule has 0 bridgehead atoms. The molecule has 1 amide bonds. The number of rotatable bonds is 5. The molecular weight excluding hydrogens is 338 g/mol. The van der Waals surface area contributed by atoms with Crippen molar-refractivity contribution in [2.45, 2.75) is 6.92 Å². The van der Waals surface area contributed by atoms with Crippen molar-refractivity contribution in [1.82, 2.24) is 9.97 Å². The molecule has 0 aliphatic rings. The SMILES string of the molecule is COc1ccc(NC(=O)c2sc(-c3cccnc3)nc2C)c(OC)c1. The van der Waals surface area contributed by atoms with Crippen molar-refractivity contribution >= 4 is 22.9 Å². The van der Waals surface area contributed by atoms with Crippen molar-refractivity contribution in [3.8, 4) is 22.1 Å². The number of carbonyl (C=O) groups is 1. The van der Waals surface area contributed by atoms with Gasteiger partial charge in [-0.05, 0) is 31.2 Å². The lowest BCUT2D eigenvalue weighted by molar-refractivity contribution is 0.102. The number of methoxy groups -OCH3 is 2. The second-order valence-corrected chi connectivity index (χ2v) is 6.19. The predicted octanol–water partition coefficient (Wildman–Crippen LogP) is 3.78. The number of hydrogen-bond donors (Lipinski definition) is 1. The molecule has 0 saturated carbocycles. The second kappa shape index (κ2) is 7.31. The van der Waals surface area contributed by atoms with Gasteiger partial charge >= 0.3 is 0 Å². The molecule has 3 aromatic rings. The summed E-state index contributed by atoms with van der Waals surface area (Å²) in [5.41, 5.74) is 2.13. The van der Waals surface area contributed by atoms with Crippen LogP contribution >= 0.6 is 11.3 Å². The van der Waals surface area contributed by atoms with Crippen LogP contribution in [0.1, 0.15) is 15.4 Å². The van der Waals surface area contributed by atoms with E-state index >= 15 is 0 Å². The molecule has 2 aromatic heterocycles. The van der Waals surface area contributed by atoms with Gasteiger partial charge in [0.05, 0.1) is 25.6 Å². The molecule has 1 N–H and O–H groups in total. The number of ether oxygens (including phenoxy) is 2. The summed E-state index contributed by atoms with van der Waals surface area (Å²) in [6.07, 6.45) is 3.43. The van der Waals surface area contributed by atoms with Gasteiger partial charge in [-0.15, -0.1) is 11.3 Å². The van der Waals surface area contributed by atoms with E-state index in [4.69, 9.17) is 9.47 Å². The van der Waals surface area contributed by atoms with E-state index < -0.39 is 0 Å². The molecule has 0 aliphatic heterocycles. The number of thiazole rings is 1. The Labute approximate surface area is 149 Å². The highest BCUT2D eigenvalue weighted by atomic mass is 32.1. The van der Waals surface area contributed by atoms with Crippen LogP contribution in [0, 0.1) is 6.92 Å². The van der Waals surface area contributed by atoms with E-state index in [2.05, 4.69) is 15.3 Å². The summed E-state index contributed by atoms with van der Waals surface area (Å²) >= 11 is 1.33. The molecule has 0 atom stereocenters. The maximum absolute atomic E-state index is 12.7. The molecule has 0 unspecified atom stereocenters. The molecule has 6 nitrogen and oxygen atoms in total.